The van der Waals surface area contributed by atoms with E-state index in [4.69, 9.17) is 4.55 Å². The molecule has 0 fully saturated rings. The topological polar surface area (TPSA) is 94.5 Å². The van der Waals surface area contributed by atoms with Crippen LogP contribution in [0.15, 0.2) is 11.0 Å². The van der Waals surface area contributed by atoms with Gasteiger partial charge in [-0.3, -0.25) is 4.55 Å². The van der Waals surface area contributed by atoms with E-state index in [0.717, 1.165) is 25.3 Å². The largest absolute Gasteiger partial charge is 1.00 e. The first-order valence-corrected chi connectivity index (χ1v) is 10.7. The molecule has 0 bridgehead atoms. The van der Waals surface area contributed by atoms with Crippen LogP contribution in [0.25, 0.3) is 0 Å². The molecule has 0 aliphatic heterocycles. The van der Waals surface area contributed by atoms with Crippen LogP contribution in [-0.2, 0) is 14.9 Å². The molecule has 0 radical (unpaired) electrons. The zero-order valence-corrected chi connectivity index (χ0v) is 18.8. The predicted octanol–water partition coefficient (Wildman–Crippen LogP) is 0.993. The Morgan fingerprint density at radius 2 is 1.20 bits per heavy atom. The summed E-state index contributed by atoms with van der Waals surface area (Å²) in [6.45, 7) is 2.23. The number of aliphatic carboxylic acids is 1. The fourth-order valence-electron chi connectivity index (χ4n) is 2.69. The first kappa shape index (κ1) is 27.3. The van der Waals surface area contributed by atoms with Gasteiger partial charge in [0.05, 0.1) is 5.97 Å². The Labute approximate surface area is 175 Å². The number of unbranched alkanes of at least 4 members (excludes halogenated alkanes) is 13. The summed E-state index contributed by atoms with van der Waals surface area (Å²) in [6, 6.07) is 0. The molecule has 0 aromatic rings. The maximum atomic E-state index is 10.8. The maximum Gasteiger partial charge on any atom is 1.00 e. The third-order valence-electron chi connectivity index (χ3n) is 4.12. The molecule has 0 aliphatic carbocycles. The van der Waals surface area contributed by atoms with Crippen molar-refractivity contribution >= 4 is 16.1 Å². The molecule has 5 nitrogen and oxygen atoms in total. The van der Waals surface area contributed by atoms with Gasteiger partial charge in [-0.25, -0.2) is 0 Å². The fraction of sp³-hybridized carbons (Fsp3) is 0.833. The van der Waals surface area contributed by atoms with Gasteiger partial charge < -0.3 is 9.90 Å². The summed E-state index contributed by atoms with van der Waals surface area (Å²) in [5.74, 6) is -1.85. The van der Waals surface area contributed by atoms with Crippen LogP contribution in [0.5, 0.6) is 0 Å². The van der Waals surface area contributed by atoms with Gasteiger partial charge in [0.1, 0.15) is 4.91 Å². The van der Waals surface area contributed by atoms with E-state index >= 15 is 0 Å². The minimum absolute atomic E-state index is 0. The average Bonchev–Trinajstić information content (AvgIpc) is 2.49. The molecule has 0 spiro atoms. The van der Waals surface area contributed by atoms with E-state index in [2.05, 4.69) is 6.92 Å². The summed E-state index contributed by atoms with van der Waals surface area (Å²) < 4.78 is 30.3. The number of carbonyl (C=O) groups excluding carboxylic acids is 1. The van der Waals surface area contributed by atoms with Crippen molar-refractivity contribution in [1.82, 2.24) is 0 Å². The van der Waals surface area contributed by atoms with E-state index in [1.54, 1.807) is 0 Å². The van der Waals surface area contributed by atoms with Crippen molar-refractivity contribution in [2.24, 2.45) is 0 Å². The molecule has 0 amide bonds. The van der Waals surface area contributed by atoms with Gasteiger partial charge in [-0.15, -0.1) is 0 Å². The fourth-order valence-corrected chi connectivity index (χ4v) is 3.23. The quantitative estimate of drug-likeness (QED) is 0.185. The van der Waals surface area contributed by atoms with Crippen LogP contribution in [0.3, 0.4) is 0 Å². The maximum absolute atomic E-state index is 10.8. The number of allylic oxidation sites excluding steroid dienone is 1. The van der Waals surface area contributed by atoms with Gasteiger partial charge in [-0.05, 0) is 12.8 Å². The summed E-state index contributed by atoms with van der Waals surface area (Å²) >= 11 is 0. The summed E-state index contributed by atoms with van der Waals surface area (Å²) in [7, 11) is -4.68. The number of carboxylic acids is 1. The van der Waals surface area contributed by atoms with Gasteiger partial charge >= 0.3 is 29.6 Å². The van der Waals surface area contributed by atoms with E-state index in [0.29, 0.717) is 12.8 Å². The SMILES string of the molecule is CCCCCCCCCCCCCCCC=C(C(=O)[O-])S(=O)(=O)O.[Na+]. The molecule has 0 aromatic heterocycles. The molecular weight excluding hydrogens is 351 g/mol. The number of carboxylic acid groups (broad SMARTS) is 1. The number of hydrogen-bond donors (Lipinski definition) is 1. The van der Waals surface area contributed by atoms with Gasteiger partial charge in [0.15, 0.2) is 0 Å². The van der Waals surface area contributed by atoms with Crippen molar-refractivity contribution in [1.29, 1.82) is 0 Å². The Bertz CT molecular complexity index is 460. The van der Waals surface area contributed by atoms with Gasteiger partial charge in [0.2, 0.25) is 0 Å². The first-order valence-electron chi connectivity index (χ1n) is 9.28. The van der Waals surface area contributed by atoms with E-state index in [-0.39, 0.29) is 29.6 Å². The Hall–Kier alpha value is 0.120. The molecule has 0 heterocycles. The molecule has 7 heteroatoms. The van der Waals surface area contributed by atoms with Gasteiger partial charge in [-0.1, -0.05) is 90.0 Å². The minimum atomic E-state index is -4.68. The molecule has 0 rings (SSSR count). The minimum Gasteiger partial charge on any atom is -0.544 e. The monoisotopic (exact) mass is 384 g/mol. The molecule has 1 N–H and O–H groups in total. The van der Waals surface area contributed by atoms with Gasteiger partial charge in [0.25, 0.3) is 10.1 Å². The second kappa shape index (κ2) is 17.5. The van der Waals surface area contributed by atoms with Crippen LogP contribution in [0.2, 0.25) is 0 Å². The number of hydrogen-bond acceptors (Lipinski definition) is 4. The molecular formula is C18H33NaO5S. The molecule has 0 aliphatic rings. The summed E-state index contributed by atoms with van der Waals surface area (Å²) in [6.07, 6.45) is 17.1. The van der Waals surface area contributed by atoms with Crippen LogP contribution in [0.4, 0.5) is 0 Å². The third kappa shape index (κ3) is 17.3. The van der Waals surface area contributed by atoms with Crippen molar-refractivity contribution in [2.75, 3.05) is 0 Å². The molecule has 0 unspecified atom stereocenters. The van der Waals surface area contributed by atoms with Crippen molar-refractivity contribution in [3.8, 4) is 0 Å². The molecule has 142 valence electrons. The zero-order chi connectivity index (χ0) is 18.3. The average molecular weight is 385 g/mol. The Morgan fingerprint density at radius 1 is 0.840 bits per heavy atom. The summed E-state index contributed by atoms with van der Waals surface area (Å²) in [5, 5.41) is 10.6. The third-order valence-corrected chi connectivity index (χ3v) is 5.01. The van der Waals surface area contributed by atoms with E-state index in [9.17, 15) is 18.3 Å². The van der Waals surface area contributed by atoms with Gasteiger partial charge in [-0.2, -0.15) is 8.42 Å². The molecule has 0 aromatic carbocycles. The van der Waals surface area contributed by atoms with Crippen LogP contribution < -0.4 is 34.7 Å². The molecule has 0 atom stereocenters. The number of carbonyl (C=O) groups is 1. The second-order valence-corrected chi connectivity index (χ2v) is 7.75. The predicted molar refractivity (Wildman–Crippen MR) is 95.0 cm³/mol. The molecule has 0 saturated heterocycles. The van der Waals surface area contributed by atoms with E-state index in [1.807, 2.05) is 0 Å². The van der Waals surface area contributed by atoms with Gasteiger partial charge in [0, 0.05) is 0 Å². The van der Waals surface area contributed by atoms with Crippen LogP contribution in [-0.4, -0.2) is 18.9 Å². The van der Waals surface area contributed by atoms with Crippen molar-refractivity contribution < 1.29 is 52.4 Å². The summed E-state index contributed by atoms with van der Waals surface area (Å²) in [5.41, 5.74) is 0. The first-order chi connectivity index (χ1) is 11.4. The van der Waals surface area contributed by atoms with Crippen molar-refractivity contribution in [3.05, 3.63) is 11.0 Å². The zero-order valence-electron chi connectivity index (χ0n) is 16.0. The van der Waals surface area contributed by atoms with Crippen molar-refractivity contribution in [2.45, 2.75) is 96.8 Å². The van der Waals surface area contributed by atoms with Crippen LogP contribution in [0, 0.1) is 0 Å². The normalized spacial score (nSPS) is 12.0. The summed E-state index contributed by atoms with van der Waals surface area (Å²) in [4.78, 5) is 9.57. The second-order valence-electron chi connectivity index (χ2n) is 6.36. The molecule has 0 saturated carbocycles. The van der Waals surface area contributed by atoms with E-state index < -0.39 is 21.0 Å². The Kier molecular flexibility index (Phi) is 19.2. The Morgan fingerprint density at radius 3 is 1.52 bits per heavy atom. The van der Waals surface area contributed by atoms with Crippen LogP contribution in [0.1, 0.15) is 96.8 Å². The van der Waals surface area contributed by atoms with E-state index in [1.165, 1.54) is 57.8 Å². The Balaban J connectivity index is 0. The molecule has 25 heavy (non-hydrogen) atoms. The number of rotatable bonds is 16. The van der Waals surface area contributed by atoms with Crippen LogP contribution >= 0.6 is 0 Å². The van der Waals surface area contributed by atoms with Crippen molar-refractivity contribution in [3.63, 3.8) is 0 Å². The standard InChI is InChI=1S/C18H34O5S.Na/c1-2-3-4-5-6-7-8-9-10-11-12-13-14-15-16-17(18(19)20)24(21,22)23;/h16H,2-15H2,1H3,(H,19,20)(H,21,22,23);/q;+1/p-1. The smallest absolute Gasteiger partial charge is 0.544 e.